The number of amides is 2. The van der Waals surface area contributed by atoms with Crippen LogP contribution in [0.1, 0.15) is 35.4 Å². The summed E-state index contributed by atoms with van der Waals surface area (Å²) >= 11 is 0. The third-order valence-electron chi connectivity index (χ3n) is 5.63. The first-order chi connectivity index (χ1) is 14.3. The lowest BCUT2D eigenvalue weighted by atomic mass is 9.98. The zero-order valence-corrected chi connectivity index (χ0v) is 16.0. The van der Waals surface area contributed by atoms with Gasteiger partial charge in [0.15, 0.2) is 0 Å². The summed E-state index contributed by atoms with van der Waals surface area (Å²) in [5, 5.41) is 25.3. The molecule has 2 amide bonds. The third kappa shape index (κ3) is 3.61. The van der Waals surface area contributed by atoms with Crippen LogP contribution in [0.2, 0.25) is 0 Å². The quantitative estimate of drug-likeness (QED) is 0.783. The topological polar surface area (TPSA) is 94.2 Å². The van der Waals surface area contributed by atoms with Crippen LogP contribution in [0.3, 0.4) is 0 Å². The molecule has 1 aromatic carbocycles. The predicted octanol–water partition coefficient (Wildman–Crippen LogP) is 2.98. The maximum Gasteiger partial charge on any atom is 0.322 e. The Morgan fingerprint density at radius 1 is 1.43 bits per heavy atom. The summed E-state index contributed by atoms with van der Waals surface area (Å²) in [7, 11) is 0. The molecule has 0 saturated carbocycles. The van der Waals surface area contributed by atoms with Gasteiger partial charge < -0.3 is 15.3 Å². The Bertz CT molecular complexity index is 1030. The number of hydrogen-bond acceptors (Lipinski definition) is 4. The molecule has 10 heteroatoms. The summed E-state index contributed by atoms with van der Waals surface area (Å²) in [6, 6.07) is 4.81. The minimum atomic E-state index is -3.09. The van der Waals surface area contributed by atoms with E-state index in [1.165, 1.54) is 21.7 Å². The number of nitrogens with one attached hydrogen (secondary N) is 1. The molecule has 1 aromatic heterocycles. The molecule has 2 aliphatic rings. The highest BCUT2D eigenvalue weighted by Gasteiger charge is 2.43. The van der Waals surface area contributed by atoms with Crippen LogP contribution in [0, 0.1) is 23.1 Å². The highest BCUT2D eigenvalue weighted by Crippen LogP contribution is 2.41. The highest BCUT2D eigenvalue weighted by atomic mass is 19.3. The second-order valence-corrected chi connectivity index (χ2v) is 7.66. The normalized spacial score (nSPS) is 20.0. The fraction of sp³-hybridized carbons (Fsp3) is 0.450. The van der Waals surface area contributed by atoms with Crippen LogP contribution in [0.25, 0.3) is 0 Å². The van der Waals surface area contributed by atoms with Gasteiger partial charge in [-0.3, -0.25) is 4.68 Å². The van der Waals surface area contributed by atoms with E-state index in [9.17, 15) is 23.1 Å². The van der Waals surface area contributed by atoms with Crippen LogP contribution in [0.15, 0.2) is 18.2 Å². The summed E-state index contributed by atoms with van der Waals surface area (Å²) in [6.45, 7) is 0.294. The molecule has 0 saturated heterocycles. The number of rotatable bonds is 2. The van der Waals surface area contributed by atoms with Gasteiger partial charge in [-0.1, -0.05) is 0 Å². The van der Waals surface area contributed by atoms with Gasteiger partial charge in [0.25, 0.3) is 5.92 Å². The first-order valence-electron chi connectivity index (χ1n) is 9.65. The Morgan fingerprint density at radius 3 is 2.97 bits per heavy atom. The molecule has 158 valence electrons. The molecule has 2 aromatic rings. The zero-order valence-electron chi connectivity index (χ0n) is 16.0. The second-order valence-electron chi connectivity index (χ2n) is 7.66. The van der Waals surface area contributed by atoms with Crippen molar-refractivity contribution in [2.75, 3.05) is 18.5 Å². The van der Waals surface area contributed by atoms with Crippen molar-refractivity contribution in [3.63, 3.8) is 0 Å². The van der Waals surface area contributed by atoms with Gasteiger partial charge in [-0.25, -0.2) is 9.18 Å². The average molecular weight is 419 g/mol. The number of alkyl halides is 2. The van der Waals surface area contributed by atoms with Gasteiger partial charge >= 0.3 is 6.03 Å². The van der Waals surface area contributed by atoms with Crippen molar-refractivity contribution >= 4 is 11.7 Å². The molecule has 0 aliphatic carbocycles. The molecule has 0 bridgehead atoms. The Labute approximate surface area is 170 Å². The predicted molar refractivity (Wildman–Crippen MR) is 100 cm³/mol. The number of benzene rings is 1. The van der Waals surface area contributed by atoms with Gasteiger partial charge in [0, 0.05) is 49.7 Å². The molecular weight excluding hydrogens is 399 g/mol. The number of carbonyl (C=O) groups is 1. The first kappa shape index (κ1) is 20.2. The number of hydrogen-bond donors (Lipinski definition) is 2. The van der Waals surface area contributed by atoms with Gasteiger partial charge in [-0.05, 0) is 24.6 Å². The van der Waals surface area contributed by atoms with Crippen LogP contribution in [0.4, 0.5) is 23.7 Å². The maximum atomic E-state index is 14.9. The number of halogens is 3. The minimum absolute atomic E-state index is 0.0256. The third-order valence-corrected chi connectivity index (χ3v) is 5.63. The van der Waals surface area contributed by atoms with Crippen molar-refractivity contribution in [1.29, 1.82) is 5.26 Å². The van der Waals surface area contributed by atoms with Crippen LogP contribution in [-0.2, 0) is 25.4 Å². The highest BCUT2D eigenvalue weighted by molar-refractivity contribution is 5.89. The monoisotopic (exact) mass is 419 g/mol. The smallest absolute Gasteiger partial charge is 0.322 e. The van der Waals surface area contributed by atoms with E-state index in [0.29, 0.717) is 17.7 Å². The van der Waals surface area contributed by atoms with Crippen molar-refractivity contribution in [2.45, 2.75) is 38.3 Å². The van der Waals surface area contributed by atoms with Crippen molar-refractivity contribution in [1.82, 2.24) is 14.7 Å². The SMILES string of the molecule is N#Cc1cc(NC(=O)N2CCc3nn4c(c3C2)C(F)(F)CC[C@H](CO)C4)ccc1F. The summed E-state index contributed by atoms with van der Waals surface area (Å²) in [6.07, 6.45) is 0.141. The largest absolute Gasteiger partial charge is 0.396 e. The number of urea groups is 1. The van der Waals surface area contributed by atoms with Gasteiger partial charge in [0.2, 0.25) is 0 Å². The van der Waals surface area contributed by atoms with E-state index >= 15 is 0 Å². The number of anilines is 1. The number of nitriles is 1. The Morgan fingerprint density at radius 2 is 2.23 bits per heavy atom. The molecular formula is C20H20F3N5O2. The summed E-state index contributed by atoms with van der Waals surface area (Å²) in [5.41, 5.74) is 0.750. The van der Waals surface area contributed by atoms with E-state index in [0.717, 1.165) is 6.07 Å². The van der Waals surface area contributed by atoms with Gasteiger partial charge in [-0.15, -0.1) is 0 Å². The van der Waals surface area contributed by atoms with Crippen LogP contribution in [0.5, 0.6) is 0 Å². The number of carbonyl (C=O) groups excluding carboxylic acids is 1. The molecule has 30 heavy (non-hydrogen) atoms. The standard InChI is InChI=1S/C20H20F3N5O2/c21-16-2-1-14(7-13(16)8-24)25-19(30)27-6-4-17-15(10-27)18-20(22,23)5-3-12(11-29)9-28(18)26-17/h1-2,7,12,29H,3-6,9-11H2,(H,25,30)/t12-/m0/s1. The molecule has 2 aliphatic heterocycles. The number of fused-ring (bicyclic) bond motifs is 3. The van der Waals surface area contributed by atoms with E-state index in [1.807, 2.05) is 0 Å². The average Bonchev–Trinajstić information content (AvgIpc) is 3.04. The zero-order chi connectivity index (χ0) is 21.5. The fourth-order valence-corrected chi connectivity index (χ4v) is 4.02. The molecule has 3 heterocycles. The van der Waals surface area contributed by atoms with Crippen LogP contribution >= 0.6 is 0 Å². The van der Waals surface area contributed by atoms with Crippen molar-refractivity contribution in [2.24, 2.45) is 5.92 Å². The molecule has 0 radical (unpaired) electrons. The van der Waals surface area contributed by atoms with Gasteiger partial charge in [0.1, 0.15) is 17.6 Å². The molecule has 2 N–H and O–H groups in total. The molecule has 0 spiro atoms. The van der Waals surface area contributed by atoms with Crippen LogP contribution in [-0.4, -0.2) is 39.0 Å². The van der Waals surface area contributed by atoms with E-state index in [-0.39, 0.29) is 61.9 Å². The second kappa shape index (κ2) is 7.65. The molecule has 4 rings (SSSR count). The number of aliphatic hydroxyl groups excluding tert-OH is 1. The van der Waals surface area contributed by atoms with Crippen molar-refractivity contribution < 1.29 is 23.1 Å². The Hall–Kier alpha value is -3.06. The number of aliphatic hydroxyl groups is 1. The van der Waals surface area contributed by atoms with Crippen molar-refractivity contribution in [3.05, 3.63) is 46.5 Å². The summed E-state index contributed by atoms with van der Waals surface area (Å²) in [4.78, 5) is 14.1. The van der Waals surface area contributed by atoms with Gasteiger partial charge in [0.05, 0.1) is 17.8 Å². The van der Waals surface area contributed by atoms with E-state index in [4.69, 9.17) is 5.26 Å². The lowest BCUT2D eigenvalue weighted by Gasteiger charge is -2.28. The number of nitrogens with zero attached hydrogens (tertiary/aromatic N) is 4. The lowest BCUT2D eigenvalue weighted by molar-refractivity contribution is -0.0226. The Balaban J connectivity index is 1.57. The van der Waals surface area contributed by atoms with E-state index < -0.39 is 17.8 Å². The van der Waals surface area contributed by atoms with Gasteiger partial charge in [-0.2, -0.15) is 19.1 Å². The molecule has 0 fully saturated rings. The van der Waals surface area contributed by atoms with Crippen molar-refractivity contribution in [3.8, 4) is 6.07 Å². The first-order valence-corrected chi connectivity index (χ1v) is 9.65. The van der Waals surface area contributed by atoms with E-state index in [2.05, 4.69) is 10.4 Å². The summed E-state index contributed by atoms with van der Waals surface area (Å²) in [5.74, 6) is -4.07. The molecule has 1 atom stereocenters. The molecule has 7 nitrogen and oxygen atoms in total. The minimum Gasteiger partial charge on any atom is -0.396 e. The lowest BCUT2D eigenvalue weighted by Crippen LogP contribution is -2.39. The fourth-order valence-electron chi connectivity index (χ4n) is 4.02. The van der Waals surface area contributed by atoms with Crippen LogP contribution < -0.4 is 5.32 Å². The maximum absolute atomic E-state index is 14.9. The van der Waals surface area contributed by atoms with E-state index in [1.54, 1.807) is 6.07 Å². The Kier molecular flexibility index (Phi) is 5.15. The number of aromatic nitrogens is 2. The molecule has 0 unspecified atom stereocenters. The summed E-state index contributed by atoms with van der Waals surface area (Å²) < 4.78 is 44.5.